The highest BCUT2D eigenvalue weighted by molar-refractivity contribution is 6.03. The molecule has 0 spiro atoms. The van der Waals surface area contributed by atoms with Gasteiger partial charge < -0.3 is 14.2 Å². The van der Waals surface area contributed by atoms with Crippen LogP contribution < -0.4 is 4.74 Å². The first-order valence-electron chi connectivity index (χ1n) is 7.78. The Morgan fingerprint density at radius 2 is 1.33 bits per heavy atom. The first kappa shape index (κ1) is 17.5. The molecule has 5 heteroatoms. The molecule has 0 bridgehead atoms. The molecule has 24 heavy (non-hydrogen) atoms. The van der Waals surface area contributed by atoms with Crippen LogP contribution in [0.5, 0.6) is 11.5 Å². The highest BCUT2D eigenvalue weighted by Crippen LogP contribution is 2.25. The van der Waals surface area contributed by atoms with E-state index in [0.29, 0.717) is 11.5 Å². The van der Waals surface area contributed by atoms with Gasteiger partial charge in [0.25, 0.3) is 0 Å². The van der Waals surface area contributed by atoms with Crippen LogP contribution in [-0.2, 0) is 9.47 Å². The fraction of sp³-hybridized carbons (Fsp3) is 0.263. The predicted octanol–water partition coefficient (Wildman–Crippen LogP) is 4.14. The zero-order valence-electron chi connectivity index (χ0n) is 14.0. The molecule has 0 amide bonds. The van der Waals surface area contributed by atoms with E-state index in [1.54, 1.807) is 19.9 Å². The fourth-order valence-corrected chi connectivity index (χ4v) is 2.09. The summed E-state index contributed by atoms with van der Waals surface area (Å²) in [4.78, 5) is 24.1. The highest BCUT2D eigenvalue weighted by Gasteiger charge is 2.20. The third kappa shape index (κ3) is 4.35. The molecule has 2 rings (SSSR count). The summed E-state index contributed by atoms with van der Waals surface area (Å²) in [5.74, 6) is -0.0772. The van der Waals surface area contributed by atoms with Gasteiger partial charge in [0, 0.05) is 0 Å². The molecule has 0 aromatic heterocycles. The molecule has 0 saturated heterocycles. The van der Waals surface area contributed by atoms with E-state index in [1.807, 2.05) is 31.2 Å². The van der Waals surface area contributed by atoms with Gasteiger partial charge in [0.1, 0.15) is 11.5 Å². The zero-order valence-corrected chi connectivity index (χ0v) is 14.0. The van der Waals surface area contributed by atoms with Crippen molar-refractivity contribution in [3.05, 3.63) is 59.2 Å². The molecule has 0 unspecified atom stereocenters. The molecule has 0 aliphatic carbocycles. The molecule has 126 valence electrons. The van der Waals surface area contributed by atoms with Crippen molar-refractivity contribution in [2.45, 2.75) is 20.8 Å². The Labute approximate surface area is 141 Å². The number of benzene rings is 2. The van der Waals surface area contributed by atoms with Gasteiger partial charge in [-0.05, 0) is 51.1 Å². The molecule has 0 N–H and O–H groups in total. The molecule has 2 aromatic carbocycles. The van der Waals surface area contributed by atoms with Crippen molar-refractivity contribution in [2.24, 2.45) is 0 Å². The molecule has 0 heterocycles. The minimum atomic E-state index is -0.588. The Balaban J connectivity index is 2.33. The standard InChI is InChI=1S/C19H20O5/c1-4-22-18(20)16-11-10-15(12-17(16)19(21)23-5-2)24-14-8-6-13(3)7-9-14/h6-12H,4-5H2,1-3H3. The second-order valence-electron chi connectivity index (χ2n) is 5.06. The number of carbonyl (C=O) groups is 2. The van der Waals surface area contributed by atoms with Gasteiger partial charge >= 0.3 is 11.9 Å². The van der Waals surface area contributed by atoms with Crippen molar-refractivity contribution in [2.75, 3.05) is 13.2 Å². The van der Waals surface area contributed by atoms with Crippen molar-refractivity contribution in [1.82, 2.24) is 0 Å². The maximum Gasteiger partial charge on any atom is 0.339 e. The minimum absolute atomic E-state index is 0.125. The monoisotopic (exact) mass is 328 g/mol. The normalized spacial score (nSPS) is 10.1. The van der Waals surface area contributed by atoms with Crippen LogP contribution in [0.3, 0.4) is 0 Å². The van der Waals surface area contributed by atoms with E-state index >= 15 is 0 Å². The highest BCUT2D eigenvalue weighted by atomic mass is 16.5. The van der Waals surface area contributed by atoms with Crippen molar-refractivity contribution < 1.29 is 23.8 Å². The lowest BCUT2D eigenvalue weighted by Gasteiger charge is -2.11. The number of ether oxygens (including phenoxy) is 3. The van der Waals surface area contributed by atoms with Gasteiger partial charge in [-0.15, -0.1) is 0 Å². The Hall–Kier alpha value is -2.82. The second kappa shape index (κ2) is 8.15. The van der Waals surface area contributed by atoms with Crippen LogP contribution in [0.2, 0.25) is 0 Å². The molecule has 0 aliphatic heterocycles. The van der Waals surface area contributed by atoms with Crippen molar-refractivity contribution in [1.29, 1.82) is 0 Å². The maximum absolute atomic E-state index is 12.1. The Kier molecular flexibility index (Phi) is 5.95. The Morgan fingerprint density at radius 3 is 1.92 bits per heavy atom. The summed E-state index contributed by atoms with van der Waals surface area (Å²) in [6, 6.07) is 12.1. The molecule has 0 radical (unpaired) electrons. The number of aryl methyl sites for hydroxylation is 1. The zero-order chi connectivity index (χ0) is 17.5. The Morgan fingerprint density at radius 1 is 0.792 bits per heavy atom. The average Bonchev–Trinajstić information content (AvgIpc) is 2.57. The van der Waals surface area contributed by atoms with Gasteiger partial charge in [-0.3, -0.25) is 0 Å². The third-order valence-corrected chi connectivity index (χ3v) is 3.24. The van der Waals surface area contributed by atoms with Gasteiger partial charge in [-0.2, -0.15) is 0 Å². The van der Waals surface area contributed by atoms with Crippen molar-refractivity contribution >= 4 is 11.9 Å². The number of carbonyl (C=O) groups excluding carboxylic acids is 2. The first-order chi connectivity index (χ1) is 11.5. The van der Waals surface area contributed by atoms with E-state index < -0.39 is 11.9 Å². The van der Waals surface area contributed by atoms with Crippen molar-refractivity contribution in [3.8, 4) is 11.5 Å². The van der Waals surface area contributed by atoms with Crippen LogP contribution >= 0.6 is 0 Å². The van der Waals surface area contributed by atoms with E-state index in [2.05, 4.69) is 0 Å². The number of hydrogen-bond acceptors (Lipinski definition) is 5. The quantitative estimate of drug-likeness (QED) is 0.746. The smallest absolute Gasteiger partial charge is 0.339 e. The van der Waals surface area contributed by atoms with E-state index in [0.717, 1.165) is 5.56 Å². The topological polar surface area (TPSA) is 61.8 Å². The summed E-state index contributed by atoms with van der Waals surface area (Å²) in [5, 5.41) is 0. The summed E-state index contributed by atoms with van der Waals surface area (Å²) < 4.78 is 15.7. The molecule has 2 aromatic rings. The average molecular weight is 328 g/mol. The SMILES string of the molecule is CCOC(=O)c1ccc(Oc2ccc(C)cc2)cc1C(=O)OCC. The summed E-state index contributed by atoms with van der Waals surface area (Å²) in [5.41, 5.74) is 1.40. The van der Waals surface area contributed by atoms with Crippen LogP contribution in [0.25, 0.3) is 0 Å². The van der Waals surface area contributed by atoms with E-state index in [-0.39, 0.29) is 24.3 Å². The summed E-state index contributed by atoms with van der Waals surface area (Å²) in [7, 11) is 0. The molecule has 0 fully saturated rings. The van der Waals surface area contributed by atoms with Gasteiger partial charge in [-0.1, -0.05) is 17.7 Å². The maximum atomic E-state index is 12.1. The van der Waals surface area contributed by atoms with Gasteiger partial charge in [0.05, 0.1) is 24.3 Å². The second-order valence-corrected chi connectivity index (χ2v) is 5.06. The minimum Gasteiger partial charge on any atom is -0.462 e. The summed E-state index contributed by atoms with van der Waals surface area (Å²) in [6.07, 6.45) is 0. The molecule has 5 nitrogen and oxygen atoms in total. The summed E-state index contributed by atoms with van der Waals surface area (Å²) in [6.45, 7) is 5.83. The number of esters is 2. The number of hydrogen-bond donors (Lipinski definition) is 0. The lowest BCUT2D eigenvalue weighted by atomic mass is 10.1. The lowest BCUT2D eigenvalue weighted by Crippen LogP contribution is -2.14. The van der Waals surface area contributed by atoms with E-state index in [1.165, 1.54) is 12.1 Å². The van der Waals surface area contributed by atoms with Crippen LogP contribution in [0.15, 0.2) is 42.5 Å². The Bertz CT molecular complexity index is 719. The molecule has 0 atom stereocenters. The van der Waals surface area contributed by atoms with Crippen LogP contribution in [0.1, 0.15) is 40.1 Å². The molecular formula is C19H20O5. The van der Waals surface area contributed by atoms with Gasteiger partial charge in [-0.25, -0.2) is 9.59 Å². The van der Waals surface area contributed by atoms with E-state index in [4.69, 9.17) is 14.2 Å². The third-order valence-electron chi connectivity index (χ3n) is 3.24. The van der Waals surface area contributed by atoms with Gasteiger partial charge in [0.2, 0.25) is 0 Å². The van der Waals surface area contributed by atoms with Crippen LogP contribution in [0.4, 0.5) is 0 Å². The fourth-order valence-electron chi connectivity index (χ4n) is 2.09. The molecule has 0 aliphatic rings. The van der Waals surface area contributed by atoms with Crippen molar-refractivity contribution in [3.63, 3.8) is 0 Å². The molecular weight excluding hydrogens is 308 g/mol. The van der Waals surface area contributed by atoms with Crippen LogP contribution in [-0.4, -0.2) is 25.2 Å². The first-order valence-corrected chi connectivity index (χ1v) is 7.78. The summed E-state index contributed by atoms with van der Waals surface area (Å²) >= 11 is 0. The lowest BCUT2D eigenvalue weighted by molar-refractivity contribution is 0.0478. The van der Waals surface area contributed by atoms with E-state index in [9.17, 15) is 9.59 Å². The predicted molar refractivity (Wildman–Crippen MR) is 89.6 cm³/mol. The molecule has 0 saturated carbocycles. The van der Waals surface area contributed by atoms with Crippen LogP contribution in [0, 0.1) is 6.92 Å². The van der Waals surface area contributed by atoms with Gasteiger partial charge in [0.15, 0.2) is 0 Å². The number of rotatable bonds is 6. The largest absolute Gasteiger partial charge is 0.462 e.